The first kappa shape index (κ1) is 17.4. The second-order valence-electron chi connectivity index (χ2n) is 7.31. The van der Waals surface area contributed by atoms with E-state index in [1.807, 2.05) is 24.3 Å². The summed E-state index contributed by atoms with van der Waals surface area (Å²) >= 11 is 6.08. The molecule has 2 aromatic rings. The minimum atomic E-state index is 0.604. The molecule has 2 heterocycles. The van der Waals surface area contributed by atoms with Crippen molar-refractivity contribution in [1.29, 1.82) is 5.26 Å². The Kier molecular flexibility index (Phi) is 5.15. The van der Waals surface area contributed by atoms with Crippen LogP contribution in [0.25, 0.3) is 0 Å². The van der Waals surface area contributed by atoms with E-state index in [4.69, 9.17) is 11.6 Å². The van der Waals surface area contributed by atoms with E-state index in [-0.39, 0.29) is 0 Å². The van der Waals surface area contributed by atoms with E-state index in [9.17, 15) is 5.26 Å². The molecule has 0 aromatic heterocycles. The molecule has 26 heavy (non-hydrogen) atoms. The van der Waals surface area contributed by atoms with E-state index in [1.54, 1.807) is 0 Å². The van der Waals surface area contributed by atoms with Crippen molar-refractivity contribution in [1.82, 2.24) is 4.90 Å². The van der Waals surface area contributed by atoms with E-state index in [1.165, 1.54) is 29.7 Å². The number of nitriles is 1. The summed E-state index contributed by atoms with van der Waals surface area (Å²) in [7, 11) is 0. The van der Waals surface area contributed by atoms with Gasteiger partial charge in [-0.25, -0.2) is 0 Å². The fourth-order valence-electron chi connectivity index (χ4n) is 4.38. The van der Waals surface area contributed by atoms with Crippen LogP contribution in [-0.2, 0) is 12.8 Å². The molecule has 0 bridgehead atoms. The van der Waals surface area contributed by atoms with Crippen LogP contribution in [0, 0.1) is 11.3 Å². The van der Waals surface area contributed by atoms with Crippen molar-refractivity contribution < 1.29 is 0 Å². The molecule has 0 atom stereocenters. The first-order chi connectivity index (χ1) is 12.7. The molecule has 2 aromatic carbocycles. The lowest BCUT2D eigenvalue weighted by Crippen LogP contribution is -2.45. The third-order valence-electron chi connectivity index (χ3n) is 5.79. The Morgan fingerprint density at radius 2 is 1.88 bits per heavy atom. The summed E-state index contributed by atoms with van der Waals surface area (Å²) < 4.78 is 0. The topological polar surface area (TPSA) is 30.3 Å². The van der Waals surface area contributed by atoms with Gasteiger partial charge in [0.15, 0.2) is 0 Å². The molecule has 3 nitrogen and oxygen atoms in total. The number of fused-ring (bicyclic) bond motifs is 1. The Bertz CT molecular complexity index is 818. The Morgan fingerprint density at radius 3 is 2.65 bits per heavy atom. The first-order valence-corrected chi connectivity index (χ1v) is 9.88. The van der Waals surface area contributed by atoms with E-state index in [0.29, 0.717) is 6.04 Å². The zero-order valence-electron chi connectivity index (χ0n) is 15.0. The average Bonchev–Trinajstić information content (AvgIpc) is 3.11. The van der Waals surface area contributed by atoms with Gasteiger partial charge in [0.2, 0.25) is 0 Å². The zero-order chi connectivity index (χ0) is 17.9. The highest BCUT2D eigenvalue weighted by Gasteiger charge is 2.30. The van der Waals surface area contributed by atoms with Crippen LogP contribution in [0.5, 0.6) is 0 Å². The average molecular weight is 366 g/mol. The summed E-state index contributed by atoms with van der Waals surface area (Å²) in [5, 5.41) is 10.1. The number of likely N-dealkylation sites (tertiary alicyclic amines) is 1. The third kappa shape index (κ3) is 3.58. The second-order valence-corrected chi connectivity index (χ2v) is 7.75. The van der Waals surface area contributed by atoms with Gasteiger partial charge >= 0.3 is 0 Å². The zero-order valence-corrected chi connectivity index (χ0v) is 15.8. The summed E-state index contributed by atoms with van der Waals surface area (Å²) in [5.74, 6) is 0. The van der Waals surface area contributed by atoms with Crippen molar-refractivity contribution in [3.63, 3.8) is 0 Å². The van der Waals surface area contributed by atoms with E-state index < -0.39 is 0 Å². The summed E-state index contributed by atoms with van der Waals surface area (Å²) in [6.45, 7) is 4.45. The number of rotatable bonds is 4. The molecule has 0 spiro atoms. The molecule has 0 aliphatic carbocycles. The predicted molar refractivity (Wildman–Crippen MR) is 107 cm³/mol. The van der Waals surface area contributed by atoms with Gasteiger partial charge in [-0.2, -0.15) is 5.26 Å². The molecule has 0 unspecified atom stereocenters. The lowest BCUT2D eigenvalue weighted by Gasteiger charge is -2.38. The van der Waals surface area contributed by atoms with Crippen LogP contribution in [0.1, 0.15) is 29.5 Å². The van der Waals surface area contributed by atoms with Crippen LogP contribution < -0.4 is 4.90 Å². The fourth-order valence-corrected chi connectivity index (χ4v) is 4.59. The molecule has 0 amide bonds. The van der Waals surface area contributed by atoms with Crippen LogP contribution in [0.3, 0.4) is 0 Å². The van der Waals surface area contributed by atoms with E-state index in [2.05, 4.69) is 34.1 Å². The molecule has 4 heteroatoms. The SMILES string of the molecule is N#Cc1cccc2c1CCN2C1CCN(CCc2cccc(Cl)c2)CC1. The maximum atomic E-state index is 9.32. The van der Waals surface area contributed by atoms with Crippen LogP contribution in [-0.4, -0.2) is 37.1 Å². The number of hydrogen-bond donors (Lipinski definition) is 0. The standard InChI is InChI=1S/C22H24ClN3/c23-19-5-1-3-17(15-19)7-11-25-12-8-20(9-13-25)26-14-10-21-18(16-24)4-2-6-22(21)26/h1-6,15,20H,7-14H2. The lowest BCUT2D eigenvalue weighted by atomic mass is 10.0. The van der Waals surface area contributed by atoms with Crippen molar-refractivity contribution in [3.05, 3.63) is 64.2 Å². The monoisotopic (exact) mass is 365 g/mol. The number of piperidine rings is 1. The number of halogens is 1. The second kappa shape index (κ2) is 7.70. The molecule has 2 aliphatic heterocycles. The minimum absolute atomic E-state index is 0.604. The van der Waals surface area contributed by atoms with Gasteiger partial charge in [-0.1, -0.05) is 29.8 Å². The molecule has 4 rings (SSSR count). The minimum Gasteiger partial charge on any atom is -0.368 e. The smallest absolute Gasteiger partial charge is 0.0995 e. The maximum absolute atomic E-state index is 9.32. The Morgan fingerprint density at radius 1 is 1.08 bits per heavy atom. The van der Waals surface area contributed by atoms with Gasteiger partial charge in [0.25, 0.3) is 0 Å². The van der Waals surface area contributed by atoms with Gasteiger partial charge in [-0.05, 0) is 61.1 Å². The molecule has 134 valence electrons. The molecule has 1 saturated heterocycles. The van der Waals surface area contributed by atoms with Crippen LogP contribution >= 0.6 is 11.6 Å². The van der Waals surface area contributed by atoms with Crippen LogP contribution in [0.2, 0.25) is 5.02 Å². The van der Waals surface area contributed by atoms with Gasteiger partial charge in [0, 0.05) is 42.9 Å². The van der Waals surface area contributed by atoms with E-state index >= 15 is 0 Å². The van der Waals surface area contributed by atoms with Gasteiger partial charge in [-0.15, -0.1) is 0 Å². The summed E-state index contributed by atoms with van der Waals surface area (Å²) in [6.07, 6.45) is 4.47. The first-order valence-electron chi connectivity index (χ1n) is 9.50. The molecular formula is C22H24ClN3. The number of benzene rings is 2. The van der Waals surface area contributed by atoms with E-state index in [0.717, 1.165) is 49.6 Å². The van der Waals surface area contributed by atoms with Gasteiger partial charge in [0.05, 0.1) is 11.6 Å². The van der Waals surface area contributed by atoms with Crippen molar-refractivity contribution in [3.8, 4) is 6.07 Å². The highest BCUT2D eigenvalue weighted by molar-refractivity contribution is 6.30. The van der Waals surface area contributed by atoms with Crippen molar-refractivity contribution >= 4 is 17.3 Å². The predicted octanol–water partition coefficient (Wildman–Crippen LogP) is 4.28. The Hall–Kier alpha value is -2.02. The Balaban J connectivity index is 1.33. The normalized spacial score (nSPS) is 17.9. The van der Waals surface area contributed by atoms with Gasteiger partial charge in [0.1, 0.15) is 0 Å². The Labute approximate surface area is 160 Å². The quantitative estimate of drug-likeness (QED) is 0.810. The molecule has 0 saturated carbocycles. The van der Waals surface area contributed by atoms with Crippen molar-refractivity contribution in [2.24, 2.45) is 0 Å². The summed E-state index contributed by atoms with van der Waals surface area (Å²) in [5.41, 5.74) is 4.71. The summed E-state index contributed by atoms with van der Waals surface area (Å²) in [6, 6.07) is 17.3. The van der Waals surface area contributed by atoms with Crippen LogP contribution in [0.15, 0.2) is 42.5 Å². The molecular weight excluding hydrogens is 342 g/mol. The molecule has 0 N–H and O–H groups in total. The lowest BCUT2D eigenvalue weighted by molar-refractivity contribution is 0.212. The maximum Gasteiger partial charge on any atom is 0.0995 e. The van der Waals surface area contributed by atoms with Crippen LogP contribution in [0.4, 0.5) is 5.69 Å². The van der Waals surface area contributed by atoms with Crippen molar-refractivity contribution in [2.75, 3.05) is 31.1 Å². The fraction of sp³-hybridized carbons (Fsp3) is 0.409. The number of hydrogen-bond acceptors (Lipinski definition) is 3. The van der Waals surface area contributed by atoms with Crippen molar-refractivity contribution in [2.45, 2.75) is 31.7 Å². The van der Waals surface area contributed by atoms with Gasteiger partial charge < -0.3 is 9.80 Å². The summed E-state index contributed by atoms with van der Waals surface area (Å²) in [4.78, 5) is 5.12. The third-order valence-corrected chi connectivity index (χ3v) is 6.02. The highest BCUT2D eigenvalue weighted by Crippen LogP contribution is 2.34. The molecule has 1 fully saturated rings. The highest BCUT2D eigenvalue weighted by atomic mass is 35.5. The number of anilines is 1. The van der Waals surface area contributed by atoms with Gasteiger partial charge in [-0.3, -0.25) is 0 Å². The largest absolute Gasteiger partial charge is 0.368 e. The number of nitrogens with zero attached hydrogens (tertiary/aromatic N) is 3. The molecule has 2 aliphatic rings. The molecule has 0 radical (unpaired) electrons.